The van der Waals surface area contributed by atoms with Crippen LogP contribution in [0.25, 0.3) is 0 Å². The molecule has 4 rings (SSSR count). The third-order valence-electron chi connectivity index (χ3n) is 6.56. The second-order valence-corrected chi connectivity index (χ2v) is 11.1. The van der Waals surface area contributed by atoms with Gasteiger partial charge in [-0.25, -0.2) is 9.97 Å². The monoisotopic (exact) mass is 547 g/mol. The molecule has 1 aliphatic carbocycles. The molecule has 2 unspecified atom stereocenters. The molecule has 1 aliphatic heterocycles. The van der Waals surface area contributed by atoms with Gasteiger partial charge in [0.15, 0.2) is 5.01 Å². The molecule has 11 nitrogen and oxygen atoms in total. The van der Waals surface area contributed by atoms with Crippen LogP contribution in [0.2, 0.25) is 5.02 Å². The topological polar surface area (TPSA) is 137 Å². The number of fused-ring (bicyclic) bond motifs is 1. The Hall–Kier alpha value is -3.09. The Morgan fingerprint density at radius 2 is 1.89 bits per heavy atom. The van der Waals surface area contributed by atoms with Crippen molar-refractivity contribution in [3.8, 4) is 0 Å². The lowest BCUT2D eigenvalue weighted by molar-refractivity contribution is -0.137. The van der Waals surface area contributed by atoms with Crippen LogP contribution in [0.3, 0.4) is 0 Å². The second kappa shape index (κ2) is 11.5. The number of carbonyl (C=O) groups is 4. The molecule has 3 heterocycles. The van der Waals surface area contributed by atoms with Gasteiger partial charge in [-0.15, -0.1) is 11.3 Å². The Labute approximate surface area is 224 Å². The summed E-state index contributed by atoms with van der Waals surface area (Å²) in [7, 11) is 5.41. The summed E-state index contributed by atoms with van der Waals surface area (Å²) in [5.74, 6) is -2.25. The van der Waals surface area contributed by atoms with Crippen molar-refractivity contribution < 1.29 is 19.2 Å². The lowest BCUT2D eigenvalue weighted by Gasteiger charge is -2.37. The zero-order valence-corrected chi connectivity index (χ0v) is 22.5. The molecule has 1 saturated carbocycles. The first-order valence-corrected chi connectivity index (χ1v) is 13.2. The summed E-state index contributed by atoms with van der Waals surface area (Å²) in [6.45, 7) is 1.63. The van der Waals surface area contributed by atoms with Crippen LogP contribution in [0.5, 0.6) is 0 Å². The number of nitrogens with zero attached hydrogens (tertiary/aromatic N) is 4. The predicted octanol–water partition coefficient (Wildman–Crippen LogP) is 1.29. The van der Waals surface area contributed by atoms with Gasteiger partial charge in [0.1, 0.15) is 5.82 Å². The Morgan fingerprint density at radius 3 is 2.59 bits per heavy atom. The molecule has 0 spiro atoms. The zero-order chi connectivity index (χ0) is 26.7. The molecule has 1 fully saturated rings. The molecule has 198 valence electrons. The van der Waals surface area contributed by atoms with Gasteiger partial charge in [-0.2, -0.15) is 0 Å². The van der Waals surface area contributed by atoms with Gasteiger partial charge in [-0.05, 0) is 38.4 Å². The van der Waals surface area contributed by atoms with E-state index in [2.05, 4.69) is 30.8 Å². The van der Waals surface area contributed by atoms with Crippen LogP contribution in [-0.4, -0.2) is 83.2 Å². The molecule has 0 radical (unpaired) electrons. The standard InChI is InChI=1S/C24H30ClN7O4S/c1-31(2)24(36)13-4-6-15(27-20(33)21(34)30-19-7-5-14(25)11-26-19)17(10-13)28-22(35)23-29-16-8-9-32(3)12-18(16)37-23/h5,7,11,13,15,17H,4,6,8-10,12H2,1-3H3,(H,27,33)(H,28,35)(H,26,30,34)/t13?,15?,17-/m1/s1. The SMILES string of the molecule is CN1CCc2nc(C(=O)N[C@@H]3CC(C(=O)N(C)C)CCC3NC(=O)C(=O)Nc3ccc(Cl)cn3)sc2C1. The van der Waals surface area contributed by atoms with Crippen LogP contribution >= 0.6 is 22.9 Å². The maximum Gasteiger partial charge on any atom is 0.314 e. The number of hydrogen-bond acceptors (Lipinski definition) is 8. The highest BCUT2D eigenvalue weighted by Crippen LogP contribution is 2.28. The van der Waals surface area contributed by atoms with Crippen molar-refractivity contribution in [3.05, 3.63) is 38.9 Å². The molecule has 0 saturated heterocycles. The lowest BCUT2D eigenvalue weighted by Crippen LogP contribution is -2.57. The number of likely N-dealkylation sites (N-methyl/N-ethyl adjacent to an activating group) is 1. The molecule has 0 aromatic carbocycles. The molecule has 3 N–H and O–H groups in total. The van der Waals surface area contributed by atoms with Gasteiger partial charge in [0.2, 0.25) is 5.91 Å². The number of amides is 4. The summed E-state index contributed by atoms with van der Waals surface area (Å²) in [5, 5.41) is 8.91. The number of carbonyl (C=O) groups excluding carboxylic acids is 4. The molecule has 37 heavy (non-hydrogen) atoms. The van der Waals surface area contributed by atoms with Gasteiger partial charge in [-0.3, -0.25) is 19.2 Å². The van der Waals surface area contributed by atoms with E-state index in [9.17, 15) is 19.2 Å². The molecule has 2 aromatic heterocycles. The third kappa shape index (κ3) is 6.62. The van der Waals surface area contributed by atoms with Crippen LogP contribution in [0.1, 0.15) is 39.6 Å². The van der Waals surface area contributed by atoms with E-state index >= 15 is 0 Å². The number of thiazole rings is 1. The molecule has 0 bridgehead atoms. The first-order valence-electron chi connectivity index (χ1n) is 12.0. The zero-order valence-electron chi connectivity index (χ0n) is 20.9. The van der Waals surface area contributed by atoms with Gasteiger partial charge in [0.05, 0.1) is 16.8 Å². The molecule has 3 atom stereocenters. The molecular weight excluding hydrogens is 518 g/mol. The number of rotatable bonds is 5. The Bertz CT molecular complexity index is 1190. The van der Waals surface area contributed by atoms with E-state index in [0.717, 1.165) is 30.1 Å². The summed E-state index contributed by atoms with van der Waals surface area (Å²) < 4.78 is 0. The van der Waals surface area contributed by atoms with Gasteiger partial charge in [0.25, 0.3) is 5.91 Å². The number of aromatic nitrogens is 2. The summed E-state index contributed by atoms with van der Waals surface area (Å²) in [5.41, 5.74) is 0.940. The van der Waals surface area contributed by atoms with Crippen molar-refractivity contribution in [1.82, 2.24) is 30.4 Å². The summed E-state index contributed by atoms with van der Waals surface area (Å²) >= 11 is 7.17. The first-order chi connectivity index (χ1) is 17.6. The highest BCUT2D eigenvalue weighted by atomic mass is 35.5. The minimum Gasteiger partial charge on any atom is -0.349 e. The van der Waals surface area contributed by atoms with Crippen molar-refractivity contribution in [1.29, 1.82) is 0 Å². The van der Waals surface area contributed by atoms with Crippen molar-refractivity contribution in [2.24, 2.45) is 5.92 Å². The fraction of sp³-hybridized carbons (Fsp3) is 0.500. The maximum atomic E-state index is 13.2. The molecule has 4 amide bonds. The molecule has 2 aliphatic rings. The minimum atomic E-state index is -0.886. The number of nitrogens with one attached hydrogen (secondary N) is 3. The summed E-state index contributed by atoms with van der Waals surface area (Å²) in [4.78, 5) is 64.3. The normalized spacial score (nSPS) is 21.5. The van der Waals surface area contributed by atoms with Crippen LogP contribution in [-0.2, 0) is 27.3 Å². The van der Waals surface area contributed by atoms with Crippen LogP contribution < -0.4 is 16.0 Å². The van der Waals surface area contributed by atoms with E-state index in [4.69, 9.17) is 11.6 Å². The summed E-state index contributed by atoms with van der Waals surface area (Å²) in [6.07, 6.45) is 3.42. The molecule has 2 aromatic rings. The number of halogens is 1. The maximum absolute atomic E-state index is 13.2. The van der Waals surface area contributed by atoms with Gasteiger partial charge in [-0.1, -0.05) is 11.6 Å². The van der Waals surface area contributed by atoms with Gasteiger partial charge >= 0.3 is 11.8 Å². The largest absolute Gasteiger partial charge is 0.349 e. The van der Waals surface area contributed by atoms with E-state index in [-0.39, 0.29) is 23.6 Å². The van der Waals surface area contributed by atoms with E-state index in [1.807, 2.05) is 7.05 Å². The lowest BCUT2D eigenvalue weighted by atomic mass is 9.81. The van der Waals surface area contributed by atoms with E-state index < -0.39 is 23.9 Å². The Morgan fingerprint density at radius 1 is 1.11 bits per heavy atom. The Balaban J connectivity index is 1.45. The third-order valence-corrected chi connectivity index (χ3v) is 7.87. The first kappa shape index (κ1) is 27.0. The van der Waals surface area contributed by atoms with Gasteiger partial charge in [0, 0.05) is 56.6 Å². The predicted molar refractivity (Wildman–Crippen MR) is 139 cm³/mol. The van der Waals surface area contributed by atoms with Crippen molar-refractivity contribution in [2.75, 3.05) is 33.0 Å². The average molecular weight is 548 g/mol. The van der Waals surface area contributed by atoms with Crippen LogP contribution in [0.4, 0.5) is 5.82 Å². The highest BCUT2D eigenvalue weighted by Gasteiger charge is 2.37. The van der Waals surface area contributed by atoms with E-state index in [1.165, 1.54) is 28.5 Å². The van der Waals surface area contributed by atoms with Crippen molar-refractivity contribution in [3.63, 3.8) is 0 Å². The van der Waals surface area contributed by atoms with Crippen LogP contribution in [0.15, 0.2) is 18.3 Å². The fourth-order valence-corrected chi connectivity index (χ4v) is 5.80. The van der Waals surface area contributed by atoms with Gasteiger partial charge < -0.3 is 25.8 Å². The van der Waals surface area contributed by atoms with Crippen molar-refractivity contribution in [2.45, 2.75) is 44.3 Å². The number of hydrogen-bond donors (Lipinski definition) is 3. The molecular formula is C24H30ClN7O4S. The van der Waals surface area contributed by atoms with Crippen LogP contribution in [0, 0.1) is 5.92 Å². The smallest absolute Gasteiger partial charge is 0.314 e. The quantitative estimate of drug-likeness (QED) is 0.480. The number of anilines is 1. The minimum absolute atomic E-state index is 0.0386. The summed E-state index contributed by atoms with van der Waals surface area (Å²) in [6, 6.07) is 1.95. The van der Waals surface area contributed by atoms with E-state index in [1.54, 1.807) is 20.2 Å². The highest BCUT2D eigenvalue weighted by molar-refractivity contribution is 7.13. The number of pyridine rings is 1. The fourth-order valence-electron chi connectivity index (χ4n) is 4.60. The molecule has 13 heteroatoms. The average Bonchev–Trinajstić information content (AvgIpc) is 3.29. The second-order valence-electron chi connectivity index (χ2n) is 9.60. The van der Waals surface area contributed by atoms with Crippen molar-refractivity contribution >= 4 is 52.4 Å². The van der Waals surface area contributed by atoms with E-state index in [0.29, 0.717) is 29.3 Å². The Kier molecular flexibility index (Phi) is 8.40.